The number of aromatic nitrogens is 1. The summed E-state index contributed by atoms with van der Waals surface area (Å²) in [5.74, 6) is 1.34. The van der Waals surface area contributed by atoms with E-state index in [0.717, 1.165) is 16.8 Å². The van der Waals surface area contributed by atoms with Crippen LogP contribution in [-0.4, -0.2) is 17.0 Å². The van der Waals surface area contributed by atoms with E-state index in [-0.39, 0.29) is 12.4 Å². The topological polar surface area (TPSA) is 90.7 Å². The third-order valence-electron chi connectivity index (χ3n) is 4.33. The molecule has 1 aliphatic rings. The van der Waals surface area contributed by atoms with Crippen LogP contribution in [0.3, 0.4) is 0 Å². The second kappa shape index (κ2) is 8.48. The van der Waals surface area contributed by atoms with Gasteiger partial charge in [-0.05, 0) is 42.8 Å². The molecule has 1 saturated heterocycles. The zero-order chi connectivity index (χ0) is 20.9. The molecule has 0 aliphatic carbocycles. The summed E-state index contributed by atoms with van der Waals surface area (Å²) in [6, 6.07) is 17.1. The Labute approximate surface area is 172 Å². The summed E-state index contributed by atoms with van der Waals surface area (Å²) in [5.41, 5.74) is 2.50. The van der Waals surface area contributed by atoms with Crippen LogP contribution in [0.2, 0.25) is 0 Å². The van der Waals surface area contributed by atoms with Crippen molar-refractivity contribution in [1.82, 2.24) is 10.3 Å². The number of alkyl carbamates (subject to hydrolysis) is 1. The summed E-state index contributed by atoms with van der Waals surface area (Å²) < 4.78 is 16.4. The molecular formula is C23H18N2O5. The first-order valence-electron chi connectivity index (χ1n) is 9.24. The molecule has 2 aromatic carbocycles. The average molecular weight is 402 g/mol. The van der Waals surface area contributed by atoms with Crippen LogP contribution in [0.5, 0.6) is 5.75 Å². The summed E-state index contributed by atoms with van der Waals surface area (Å²) >= 11 is 0. The zero-order valence-corrected chi connectivity index (χ0v) is 16.1. The van der Waals surface area contributed by atoms with E-state index in [4.69, 9.17) is 13.9 Å². The van der Waals surface area contributed by atoms with Crippen LogP contribution in [0.1, 0.15) is 17.0 Å². The fourth-order valence-electron chi connectivity index (χ4n) is 2.81. The normalized spacial score (nSPS) is 14.9. The molecule has 3 aromatic rings. The lowest BCUT2D eigenvalue weighted by Gasteiger charge is -2.05. The van der Waals surface area contributed by atoms with E-state index in [1.165, 1.54) is 6.08 Å². The van der Waals surface area contributed by atoms with Crippen molar-refractivity contribution >= 4 is 18.1 Å². The van der Waals surface area contributed by atoms with E-state index in [2.05, 4.69) is 4.98 Å². The summed E-state index contributed by atoms with van der Waals surface area (Å²) in [6.07, 6.45) is 4.06. The van der Waals surface area contributed by atoms with Gasteiger partial charge >= 0.3 is 6.09 Å². The van der Waals surface area contributed by atoms with Crippen molar-refractivity contribution in [3.8, 4) is 17.2 Å². The number of hydrogen-bond acceptors (Lipinski definition) is 6. The number of allylic oxidation sites excluding steroid dienone is 2. The minimum atomic E-state index is -0.770. The Morgan fingerprint density at radius 2 is 1.93 bits per heavy atom. The van der Waals surface area contributed by atoms with Crippen LogP contribution < -0.4 is 10.1 Å². The predicted molar refractivity (Wildman–Crippen MR) is 109 cm³/mol. The van der Waals surface area contributed by atoms with Crippen LogP contribution in [0.25, 0.3) is 17.5 Å². The van der Waals surface area contributed by atoms with Crippen molar-refractivity contribution in [2.45, 2.75) is 13.5 Å². The fraction of sp³-hybridized carbons (Fsp3) is 0.0870. The minimum absolute atomic E-state index is 0.0422. The Morgan fingerprint density at radius 3 is 2.70 bits per heavy atom. The van der Waals surface area contributed by atoms with Gasteiger partial charge in [-0.1, -0.05) is 42.5 Å². The van der Waals surface area contributed by atoms with E-state index in [1.807, 2.05) is 66.8 Å². The fourth-order valence-corrected chi connectivity index (χ4v) is 2.81. The smallest absolute Gasteiger partial charge is 0.419 e. The molecule has 1 fully saturated rings. The number of nitrogens with zero attached hydrogens (tertiary/aromatic N) is 1. The lowest BCUT2D eigenvalue weighted by atomic mass is 10.2. The number of imide groups is 1. The number of carbonyl (C=O) groups excluding carboxylic acids is 2. The molecule has 0 spiro atoms. The number of rotatable bonds is 6. The second-order valence-corrected chi connectivity index (χ2v) is 6.48. The molecule has 7 heteroatoms. The van der Waals surface area contributed by atoms with Gasteiger partial charge in [0.25, 0.3) is 5.91 Å². The van der Waals surface area contributed by atoms with Crippen LogP contribution >= 0.6 is 0 Å². The Balaban J connectivity index is 1.41. The van der Waals surface area contributed by atoms with E-state index < -0.39 is 12.0 Å². The number of oxazole rings is 1. The van der Waals surface area contributed by atoms with Gasteiger partial charge in [0.2, 0.25) is 5.89 Å². The first-order valence-corrected chi connectivity index (χ1v) is 9.24. The SMILES string of the molecule is Cc1oc(-c2ccccc2)nc1COc1cccc(C=CC=C2OC(=O)NC2=O)c1. The Morgan fingerprint density at radius 1 is 1.10 bits per heavy atom. The Kier molecular flexibility index (Phi) is 5.43. The lowest BCUT2D eigenvalue weighted by Crippen LogP contribution is -2.18. The molecule has 1 N–H and O–H groups in total. The van der Waals surface area contributed by atoms with Gasteiger partial charge in [0.15, 0.2) is 5.76 Å². The van der Waals surface area contributed by atoms with Crippen LogP contribution in [0, 0.1) is 6.92 Å². The molecule has 30 heavy (non-hydrogen) atoms. The van der Waals surface area contributed by atoms with E-state index >= 15 is 0 Å². The quantitative estimate of drug-likeness (QED) is 0.615. The third kappa shape index (κ3) is 4.47. The monoisotopic (exact) mass is 402 g/mol. The molecule has 0 radical (unpaired) electrons. The standard InChI is InChI=1S/C23H18N2O5/c1-15-19(24-22(29-15)17-9-3-2-4-10-17)14-28-18-11-5-7-16(13-18)8-6-12-20-21(26)25-23(27)30-20/h2-13H,14H2,1H3,(H,25,26,27). The van der Waals surface area contributed by atoms with Crippen molar-refractivity contribution in [3.63, 3.8) is 0 Å². The molecule has 1 aromatic heterocycles. The molecule has 150 valence electrons. The van der Waals surface area contributed by atoms with Crippen molar-refractivity contribution in [2.24, 2.45) is 0 Å². The van der Waals surface area contributed by atoms with Crippen LogP contribution in [0.4, 0.5) is 4.79 Å². The third-order valence-corrected chi connectivity index (χ3v) is 4.33. The number of ether oxygens (including phenoxy) is 2. The highest BCUT2D eigenvalue weighted by Gasteiger charge is 2.25. The van der Waals surface area contributed by atoms with Gasteiger partial charge < -0.3 is 13.9 Å². The lowest BCUT2D eigenvalue weighted by molar-refractivity contribution is -0.116. The van der Waals surface area contributed by atoms with Gasteiger partial charge in [0, 0.05) is 5.56 Å². The van der Waals surface area contributed by atoms with Gasteiger partial charge in [0.1, 0.15) is 23.8 Å². The zero-order valence-electron chi connectivity index (χ0n) is 16.1. The van der Waals surface area contributed by atoms with Gasteiger partial charge in [-0.2, -0.15) is 0 Å². The average Bonchev–Trinajstić information content (AvgIpc) is 3.28. The van der Waals surface area contributed by atoms with Gasteiger partial charge in [-0.3, -0.25) is 10.1 Å². The molecule has 2 amide bonds. The number of cyclic esters (lactones) is 1. The number of aryl methyl sites for hydroxylation is 1. The van der Waals surface area contributed by atoms with Crippen molar-refractivity contribution in [1.29, 1.82) is 0 Å². The molecule has 0 saturated carbocycles. The molecule has 1 aliphatic heterocycles. The van der Waals surface area contributed by atoms with E-state index in [9.17, 15) is 9.59 Å². The summed E-state index contributed by atoms with van der Waals surface area (Å²) in [6.45, 7) is 2.13. The maximum Gasteiger partial charge on any atom is 0.419 e. The van der Waals surface area contributed by atoms with Crippen LogP contribution in [-0.2, 0) is 16.1 Å². The van der Waals surface area contributed by atoms with Crippen LogP contribution in [0.15, 0.2) is 76.9 Å². The minimum Gasteiger partial charge on any atom is -0.487 e. The molecule has 2 heterocycles. The number of amides is 2. The Hall–Kier alpha value is -4.13. The second-order valence-electron chi connectivity index (χ2n) is 6.48. The molecular weight excluding hydrogens is 384 g/mol. The van der Waals surface area contributed by atoms with Gasteiger partial charge in [-0.25, -0.2) is 9.78 Å². The number of benzene rings is 2. The van der Waals surface area contributed by atoms with E-state index in [0.29, 0.717) is 17.4 Å². The summed E-state index contributed by atoms with van der Waals surface area (Å²) in [7, 11) is 0. The van der Waals surface area contributed by atoms with Crippen molar-refractivity contribution < 1.29 is 23.5 Å². The van der Waals surface area contributed by atoms with E-state index in [1.54, 1.807) is 12.2 Å². The molecule has 4 rings (SSSR count). The summed E-state index contributed by atoms with van der Waals surface area (Å²) in [5, 5.41) is 2.04. The first kappa shape index (κ1) is 19.2. The number of hydrogen-bond donors (Lipinski definition) is 1. The maximum atomic E-state index is 11.4. The highest BCUT2D eigenvalue weighted by Crippen LogP contribution is 2.23. The number of carbonyl (C=O) groups is 2. The molecule has 7 nitrogen and oxygen atoms in total. The summed E-state index contributed by atoms with van der Waals surface area (Å²) in [4.78, 5) is 26.9. The van der Waals surface area contributed by atoms with Crippen molar-refractivity contribution in [2.75, 3.05) is 0 Å². The highest BCUT2D eigenvalue weighted by molar-refractivity contribution is 6.07. The highest BCUT2D eigenvalue weighted by atomic mass is 16.6. The predicted octanol–water partition coefficient (Wildman–Crippen LogP) is 4.39. The first-order chi connectivity index (χ1) is 14.6. The van der Waals surface area contributed by atoms with Gasteiger partial charge in [-0.15, -0.1) is 0 Å². The largest absolute Gasteiger partial charge is 0.487 e. The number of nitrogens with one attached hydrogen (secondary N) is 1. The maximum absolute atomic E-state index is 11.4. The molecule has 0 bridgehead atoms. The molecule has 0 unspecified atom stereocenters. The Bertz CT molecular complexity index is 1150. The van der Waals surface area contributed by atoms with Crippen molar-refractivity contribution in [3.05, 3.63) is 89.5 Å². The van der Waals surface area contributed by atoms with Gasteiger partial charge in [0.05, 0.1) is 0 Å². The molecule has 0 atom stereocenters.